The van der Waals surface area contributed by atoms with E-state index in [0.29, 0.717) is 12.3 Å². The number of benzene rings is 1. The second kappa shape index (κ2) is 6.24. The van der Waals surface area contributed by atoms with E-state index in [1.54, 1.807) is 0 Å². The molecule has 3 heteroatoms. The van der Waals surface area contributed by atoms with Gasteiger partial charge < -0.3 is 5.11 Å². The molecule has 0 spiro atoms. The van der Waals surface area contributed by atoms with Crippen molar-refractivity contribution in [2.24, 2.45) is 0 Å². The summed E-state index contributed by atoms with van der Waals surface area (Å²) in [7, 11) is 0. The Labute approximate surface area is 113 Å². The molecule has 0 heterocycles. The molecule has 1 aliphatic carbocycles. The van der Waals surface area contributed by atoms with Crippen LogP contribution in [0, 0.1) is 0 Å². The number of aliphatic carboxylic acids is 1. The molecule has 1 aromatic rings. The van der Waals surface area contributed by atoms with E-state index in [1.165, 1.54) is 18.4 Å². The van der Waals surface area contributed by atoms with Gasteiger partial charge in [0.2, 0.25) is 0 Å². The fraction of sp³-hybridized carbons (Fsp3) is 0.533. The van der Waals surface area contributed by atoms with Gasteiger partial charge in [-0.2, -0.15) is 0 Å². The minimum absolute atomic E-state index is 0.191. The van der Waals surface area contributed by atoms with Crippen LogP contribution in [0.25, 0.3) is 0 Å². The zero-order chi connectivity index (χ0) is 13.0. The van der Waals surface area contributed by atoms with E-state index in [0.717, 1.165) is 18.4 Å². The third-order valence-corrected chi connectivity index (χ3v) is 4.27. The number of hydrogen-bond donors (Lipinski definition) is 1. The largest absolute Gasteiger partial charge is 0.481 e. The minimum atomic E-state index is -0.740. The molecule has 18 heavy (non-hydrogen) atoms. The Hall–Kier alpha value is -1.02. The first-order chi connectivity index (χ1) is 8.68. The molecule has 0 radical (unpaired) electrons. The number of rotatable bonds is 4. The summed E-state index contributed by atoms with van der Waals surface area (Å²) < 4.78 is 0. The number of carboxylic acid groups (broad SMARTS) is 1. The van der Waals surface area contributed by atoms with Gasteiger partial charge in [0.15, 0.2) is 0 Å². The second-order valence-electron chi connectivity index (χ2n) is 5.00. The topological polar surface area (TPSA) is 37.3 Å². The number of hydrogen-bond acceptors (Lipinski definition) is 1. The van der Waals surface area contributed by atoms with Gasteiger partial charge >= 0.3 is 5.97 Å². The minimum Gasteiger partial charge on any atom is -0.481 e. The van der Waals surface area contributed by atoms with Crippen LogP contribution >= 0.6 is 11.6 Å². The van der Waals surface area contributed by atoms with E-state index < -0.39 is 5.97 Å². The quantitative estimate of drug-likeness (QED) is 0.838. The number of aryl methyl sites for hydroxylation is 1. The van der Waals surface area contributed by atoms with Gasteiger partial charge in [-0.1, -0.05) is 37.1 Å². The lowest BCUT2D eigenvalue weighted by Gasteiger charge is -2.29. The Morgan fingerprint density at radius 3 is 2.72 bits per heavy atom. The zero-order valence-electron chi connectivity index (χ0n) is 10.4. The molecular formula is C15H19ClO2. The predicted octanol–water partition coefficient (Wildman–Crippen LogP) is 3.97. The maximum absolute atomic E-state index is 10.7. The highest BCUT2D eigenvalue weighted by Gasteiger charge is 2.26. The average Bonchev–Trinajstić information content (AvgIpc) is 2.37. The Bertz CT molecular complexity index is 417. The molecule has 2 nitrogen and oxygen atoms in total. The third-order valence-electron chi connectivity index (χ3n) is 3.74. The van der Waals surface area contributed by atoms with Gasteiger partial charge in [0, 0.05) is 17.7 Å². The summed E-state index contributed by atoms with van der Waals surface area (Å²) in [6.45, 7) is 0. The highest BCUT2D eigenvalue weighted by molar-refractivity contribution is 6.21. The van der Waals surface area contributed by atoms with Crippen molar-refractivity contribution in [3.05, 3.63) is 35.4 Å². The SMILES string of the molecule is O=C(O)CCc1ccccc1C1CCCCC1Cl. The lowest BCUT2D eigenvalue weighted by atomic mass is 9.81. The van der Waals surface area contributed by atoms with Crippen LogP contribution in [0.4, 0.5) is 0 Å². The molecular weight excluding hydrogens is 248 g/mol. The van der Waals surface area contributed by atoms with E-state index >= 15 is 0 Å². The summed E-state index contributed by atoms with van der Waals surface area (Å²) in [6, 6.07) is 8.16. The van der Waals surface area contributed by atoms with Gasteiger partial charge in [-0.05, 0) is 30.4 Å². The van der Waals surface area contributed by atoms with Crippen molar-refractivity contribution in [3.63, 3.8) is 0 Å². The van der Waals surface area contributed by atoms with Crippen LogP contribution in [0.1, 0.15) is 49.1 Å². The smallest absolute Gasteiger partial charge is 0.303 e. The Morgan fingerprint density at radius 2 is 2.00 bits per heavy atom. The molecule has 1 aliphatic rings. The highest BCUT2D eigenvalue weighted by atomic mass is 35.5. The van der Waals surface area contributed by atoms with Crippen molar-refractivity contribution >= 4 is 17.6 Å². The molecule has 1 N–H and O–H groups in total. The van der Waals surface area contributed by atoms with E-state index in [1.807, 2.05) is 18.2 Å². The lowest BCUT2D eigenvalue weighted by molar-refractivity contribution is -0.136. The first kappa shape index (κ1) is 13.4. The number of carbonyl (C=O) groups is 1. The Kier molecular flexibility index (Phi) is 4.65. The van der Waals surface area contributed by atoms with Crippen molar-refractivity contribution in [3.8, 4) is 0 Å². The van der Waals surface area contributed by atoms with Gasteiger partial charge in [0.25, 0.3) is 0 Å². The molecule has 0 aliphatic heterocycles. The van der Waals surface area contributed by atoms with Crippen LogP contribution in [-0.4, -0.2) is 16.5 Å². The van der Waals surface area contributed by atoms with E-state index in [4.69, 9.17) is 16.7 Å². The molecule has 2 unspecified atom stereocenters. The predicted molar refractivity (Wildman–Crippen MR) is 73.2 cm³/mol. The van der Waals surface area contributed by atoms with E-state index in [9.17, 15) is 4.79 Å². The molecule has 1 fully saturated rings. The van der Waals surface area contributed by atoms with Gasteiger partial charge in [0.1, 0.15) is 0 Å². The van der Waals surface area contributed by atoms with Crippen LogP contribution in [0.5, 0.6) is 0 Å². The van der Waals surface area contributed by atoms with Crippen LogP contribution in [0.2, 0.25) is 0 Å². The Morgan fingerprint density at radius 1 is 1.28 bits per heavy atom. The zero-order valence-corrected chi connectivity index (χ0v) is 11.2. The van der Waals surface area contributed by atoms with Gasteiger partial charge in [-0.3, -0.25) is 4.79 Å². The molecule has 1 aromatic carbocycles. The maximum atomic E-state index is 10.7. The maximum Gasteiger partial charge on any atom is 0.303 e. The molecule has 0 aromatic heterocycles. The van der Waals surface area contributed by atoms with Crippen molar-refractivity contribution in [1.82, 2.24) is 0 Å². The highest BCUT2D eigenvalue weighted by Crippen LogP contribution is 2.38. The molecule has 1 saturated carbocycles. The number of alkyl halides is 1. The average molecular weight is 267 g/mol. The van der Waals surface area contributed by atoms with Gasteiger partial charge in [-0.25, -0.2) is 0 Å². The van der Waals surface area contributed by atoms with E-state index in [-0.39, 0.29) is 11.8 Å². The number of halogens is 1. The molecule has 98 valence electrons. The molecule has 0 bridgehead atoms. The van der Waals surface area contributed by atoms with Crippen molar-refractivity contribution in [2.75, 3.05) is 0 Å². The monoisotopic (exact) mass is 266 g/mol. The van der Waals surface area contributed by atoms with Crippen molar-refractivity contribution < 1.29 is 9.90 Å². The molecule has 0 amide bonds. The first-order valence-electron chi connectivity index (χ1n) is 6.62. The summed E-state index contributed by atoms with van der Waals surface area (Å²) in [5.41, 5.74) is 2.41. The third kappa shape index (κ3) is 3.26. The molecule has 0 saturated heterocycles. The summed E-state index contributed by atoms with van der Waals surface area (Å²) in [5.74, 6) is -0.346. The fourth-order valence-corrected chi connectivity index (χ4v) is 3.22. The summed E-state index contributed by atoms with van der Waals surface area (Å²) in [6.07, 6.45) is 5.42. The van der Waals surface area contributed by atoms with Crippen LogP contribution in [-0.2, 0) is 11.2 Å². The normalized spacial score (nSPS) is 23.8. The molecule has 2 rings (SSSR count). The molecule has 2 atom stereocenters. The standard InChI is InChI=1S/C15H19ClO2/c16-14-8-4-3-7-13(14)12-6-2-1-5-11(12)9-10-15(17)18/h1-2,5-6,13-14H,3-4,7-10H2,(H,17,18). The summed E-state index contributed by atoms with van der Waals surface area (Å²) in [4.78, 5) is 10.7. The van der Waals surface area contributed by atoms with Gasteiger partial charge in [-0.15, -0.1) is 11.6 Å². The summed E-state index contributed by atoms with van der Waals surface area (Å²) in [5, 5.41) is 9.00. The first-order valence-corrected chi connectivity index (χ1v) is 7.06. The summed E-state index contributed by atoms with van der Waals surface area (Å²) >= 11 is 6.44. The Balaban J connectivity index is 2.17. The second-order valence-corrected chi connectivity index (χ2v) is 5.56. The van der Waals surface area contributed by atoms with Crippen molar-refractivity contribution in [2.45, 2.75) is 49.8 Å². The number of carboxylic acids is 1. The van der Waals surface area contributed by atoms with Crippen LogP contribution in [0.3, 0.4) is 0 Å². The lowest BCUT2D eigenvalue weighted by Crippen LogP contribution is -2.19. The van der Waals surface area contributed by atoms with Crippen LogP contribution in [0.15, 0.2) is 24.3 Å². The van der Waals surface area contributed by atoms with Crippen LogP contribution < -0.4 is 0 Å². The van der Waals surface area contributed by atoms with E-state index in [2.05, 4.69) is 6.07 Å². The fourth-order valence-electron chi connectivity index (χ4n) is 2.80. The van der Waals surface area contributed by atoms with Crippen molar-refractivity contribution in [1.29, 1.82) is 0 Å². The van der Waals surface area contributed by atoms with Gasteiger partial charge in [0.05, 0.1) is 0 Å².